The van der Waals surface area contributed by atoms with Gasteiger partial charge in [-0.05, 0) is 25.3 Å². The Bertz CT molecular complexity index is 936. The van der Waals surface area contributed by atoms with Gasteiger partial charge in [0.2, 0.25) is 0 Å². The quantitative estimate of drug-likeness (QED) is 0.642. The van der Waals surface area contributed by atoms with Crippen LogP contribution in [0.3, 0.4) is 0 Å². The van der Waals surface area contributed by atoms with Crippen LogP contribution in [0.4, 0.5) is 0 Å². The molecule has 4 heterocycles. The van der Waals surface area contributed by atoms with E-state index in [1.54, 1.807) is 18.5 Å². The second-order valence-electron chi connectivity index (χ2n) is 6.28. The fourth-order valence-electron chi connectivity index (χ4n) is 2.91. The van der Waals surface area contributed by atoms with Gasteiger partial charge in [-0.2, -0.15) is 4.98 Å². The molecule has 10 heteroatoms. The van der Waals surface area contributed by atoms with Gasteiger partial charge in [-0.1, -0.05) is 12.1 Å². The summed E-state index contributed by atoms with van der Waals surface area (Å²) in [6, 6.07) is 1.74. The van der Waals surface area contributed by atoms with E-state index in [4.69, 9.17) is 9.26 Å². The molecule has 0 saturated carbocycles. The molecule has 1 amide bonds. The molecule has 1 saturated heterocycles. The highest BCUT2D eigenvalue weighted by Gasteiger charge is 2.24. The third-order valence-electron chi connectivity index (χ3n) is 4.32. The van der Waals surface area contributed by atoms with E-state index >= 15 is 0 Å². The van der Waals surface area contributed by atoms with E-state index in [0.29, 0.717) is 46.8 Å². The third-order valence-corrected chi connectivity index (χ3v) is 5.41. The first kappa shape index (κ1) is 18.6. The molecule has 1 fully saturated rings. The average Bonchev–Trinajstić information content (AvgIpc) is 3.48. The van der Waals surface area contributed by atoms with Crippen molar-refractivity contribution < 1.29 is 14.1 Å². The minimum atomic E-state index is -0.167. The minimum Gasteiger partial charge on any atom is -0.368 e. The highest BCUT2D eigenvalue weighted by atomic mass is 32.1. The van der Waals surface area contributed by atoms with Gasteiger partial charge in [0.15, 0.2) is 16.7 Å². The third kappa shape index (κ3) is 4.07. The van der Waals surface area contributed by atoms with Crippen molar-refractivity contribution in [2.45, 2.75) is 38.7 Å². The van der Waals surface area contributed by atoms with E-state index in [1.807, 2.05) is 6.92 Å². The molecule has 3 aromatic heterocycles. The highest BCUT2D eigenvalue weighted by molar-refractivity contribution is 7.17. The molecule has 0 aromatic carbocycles. The molecule has 1 aliphatic rings. The van der Waals surface area contributed by atoms with Crippen LogP contribution in [-0.2, 0) is 17.6 Å². The normalized spacial score (nSPS) is 16.4. The first-order chi connectivity index (χ1) is 13.7. The van der Waals surface area contributed by atoms with Crippen LogP contribution in [0.2, 0.25) is 0 Å². The number of rotatable bonds is 7. The Labute approximate surface area is 165 Å². The summed E-state index contributed by atoms with van der Waals surface area (Å²) < 4.78 is 10.8. The summed E-state index contributed by atoms with van der Waals surface area (Å²) in [7, 11) is 0. The van der Waals surface area contributed by atoms with Crippen LogP contribution in [0.1, 0.15) is 53.0 Å². The van der Waals surface area contributed by atoms with Crippen LogP contribution in [0.5, 0.6) is 0 Å². The monoisotopic (exact) mass is 400 g/mol. The van der Waals surface area contributed by atoms with E-state index in [-0.39, 0.29) is 12.0 Å². The lowest BCUT2D eigenvalue weighted by Crippen LogP contribution is -2.26. The second kappa shape index (κ2) is 8.53. The molecular weight excluding hydrogens is 380 g/mol. The van der Waals surface area contributed by atoms with Crippen LogP contribution < -0.4 is 5.32 Å². The number of carbonyl (C=O) groups excluding carboxylic acids is 1. The van der Waals surface area contributed by atoms with Crippen molar-refractivity contribution in [2.24, 2.45) is 0 Å². The molecular formula is C18H20N6O3S. The smallest absolute Gasteiger partial charge is 0.263 e. The van der Waals surface area contributed by atoms with E-state index in [1.165, 1.54) is 11.3 Å². The molecule has 1 aliphatic heterocycles. The van der Waals surface area contributed by atoms with Crippen molar-refractivity contribution in [3.05, 3.63) is 40.7 Å². The van der Waals surface area contributed by atoms with Gasteiger partial charge in [-0.25, -0.2) is 15.0 Å². The Balaban J connectivity index is 1.37. The fourth-order valence-corrected chi connectivity index (χ4v) is 3.93. The van der Waals surface area contributed by atoms with Crippen LogP contribution in [-0.4, -0.2) is 44.2 Å². The lowest BCUT2D eigenvalue weighted by atomic mass is 10.2. The Hall–Kier alpha value is -2.72. The summed E-state index contributed by atoms with van der Waals surface area (Å²) in [4.78, 5) is 30.5. The molecule has 146 valence electrons. The molecule has 9 nitrogen and oxygen atoms in total. The van der Waals surface area contributed by atoms with Gasteiger partial charge in [0.1, 0.15) is 11.0 Å². The predicted octanol–water partition coefficient (Wildman–Crippen LogP) is 2.37. The number of nitrogens with zero attached hydrogens (tertiary/aromatic N) is 5. The predicted molar refractivity (Wildman–Crippen MR) is 101 cm³/mol. The number of amides is 1. The number of aryl methyl sites for hydroxylation is 1. The van der Waals surface area contributed by atoms with Gasteiger partial charge in [0.05, 0.1) is 5.69 Å². The van der Waals surface area contributed by atoms with E-state index in [0.717, 1.165) is 25.1 Å². The van der Waals surface area contributed by atoms with E-state index < -0.39 is 0 Å². The average molecular weight is 400 g/mol. The zero-order valence-corrected chi connectivity index (χ0v) is 16.2. The molecule has 0 radical (unpaired) electrons. The summed E-state index contributed by atoms with van der Waals surface area (Å²) in [6.07, 6.45) is 6.26. The highest BCUT2D eigenvalue weighted by Crippen LogP contribution is 2.27. The molecule has 1 unspecified atom stereocenters. The van der Waals surface area contributed by atoms with Crippen LogP contribution >= 0.6 is 11.3 Å². The van der Waals surface area contributed by atoms with Crippen molar-refractivity contribution in [1.29, 1.82) is 0 Å². The molecule has 28 heavy (non-hydrogen) atoms. The van der Waals surface area contributed by atoms with Gasteiger partial charge in [0, 0.05) is 32.0 Å². The molecule has 0 spiro atoms. The SMILES string of the molecule is CCc1nc(-c2ncccn2)sc1C(=O)NCCc1noc(C2CCCO2)n1. The number of hydrogen-bond acceptors (Lipinski definition) is 9. The Kier molecular flexibility index (Phi) is 5.68. The molecule has 1 atom stereocenters. The Morgan fingerprint density at radius 3 is 2.93 bits per heavy atom. The molecule has 4 rings (SSSR count). The van der Waals surface area contributed by atoms with Gasteiger partial charge >= 0.3 is 0 Å². The summed E-state index contributed by atoms with van der Waals surface area (Å²) in [5, 5.41) is 7.51. The van der Waals surface area contributed by atoms with Gasteiger partial charge in [-0.15, -0.1) is 11.3 Å². The molecule has 3 aromatic rings. The summed E-state index contributed by atoms with van der Waals surface area (Å²) >= 11 is 1.30. The van der Waals surface area contributed by atoms with Gasteiger partial charge in [0.25, 0.3) is 11.8 Å². The maximum Gasteiger partial charge on any atom is 0.263 e. The summed E-state index contributed by atoms with van der Waals surface area (Å²) in [6.45, 7) is 3.10. The zero-order chi connectivity index (χ0) is 19.3. The van der Waals surface area contributed by atoms with Crippen molar-refractivity contribution >= 4 is 17.2 Å². The van der Waals surface area contributed by atoms with Gasteiger partial charge in [-0.3, -0.25) is 4.79 Å². The summed E-state index contributed by atoms with van der Waals surface area (Å²) in [5.41, 5.74) is 0.741. The number of hydrogen-bond donors (Lipinski definition) is 1. The van der Waals surface area contributed by atoms with Crippen molar-refractivity contribution in [1.82, 2.24) is 30.4 Å². The van der Waals surface area contributed by atoms with Crippen molar-refractivity contribution in [2.75, 3.05) is 13.2 Å². The van der Waals surface area contributed by atoms with Gasteiger partial charge < -0.3 is 14.6 Å². The minimum absolute atomic E-state index is 0.0984. The zero-order valence-electron chi connectivity index (χ0n) is 15.4. The Morgan fingerprint density at radius 1 is 1.32 bits per heavy atom. The summed E-state index contributed by atoms with van der Waals surface area (Å²) in [5.74, 6) is 1.43. The first-order valence-electron chi connectivity index (χ1n) is 9.24. The fraction of sp³-hybridized carbons (Fsp3) is 0.444. The maximum atomic E-state index is 12.6. The largest absolute Gasteiger partial charge is 0.368 e. The van der Waals surface area contributed by atoms with Crippen molar-refractivity contribution in [3.8, 4) is 10.8 Å². The van der Waals surface area contributed by atoms with E-state index in [9.17, 15) is 4.79 Å². The molecule has 0 bridgehead atoms. The Morgan fingerprint density at radius 2 is 2.18 bits per heavy atom. The van der Waals surface area contributed by atoms with Crippen LogP contribution in [0.25, 0.3) is 10.8 Å². The standard InChI is InChI=1S/C18H20N6O3S/c1-2-11-14(28-18(22-11)15-19-7-4-8-20-15)16(25)21-9-6-13-23-17(27-24-13)12-5-3-10-26-12/h4,7-8,12H,2-3,5-6,9-10H2,1H3,(H,21,25). The molecule has 1 N–H and O–H groups in total. The number of thiazole rings is 1. The second-order valence-corrected chi connectivity index (χ2v) is 7.28. The maximum absolute atomic E-state index is 12.6. The molecule has 0 aliphatic carbocycles. The van der Waals surface area contributed by atoms with Crippen molar-refractivity contribution in [3.63, 3.8) is 0 Å². The topological polar surface area (TPSA) is 116 Å². The van der Waals surface area contributed by atoms with E-state index in [2.05, 4.69) is 30.4 Å². The van der Waals surface area contributed by atoms with Crippen LogP contribution in [0.15, 0.2) is 23.0 Å². The number of ether oxygens (including phenoxy) is 1. The number of aromatic nitrogens is 5. The lowest BCUT2D eigenvalue weighted by molar-refractivity contribution is 0.0835. The number of nitrogens with one attached hydrogen (secondary N) is 1. The number of carbonyl (C=O) groups is 1. The van der Waals surface area contributed by atoms with Crippen LogP contribution in [0, 0.1) is 0 Å². The first-order valence-corrected chi connectivity index (χ1v) is 10.1. The lowest BCUT2D eigenvalue weighted by Gasteiger charge is -2.02.